The van der Waals surface area contributed by atoms with Crippen molar-refractivity contribution in [3.05, 3.63) is 201 Å². The molecule has 0 spiro atoms. The maximum Gasteiger partial charge on any atom is 2.00 e. The summed E-state index contributed by atoms with van der Waals surface area (Å²) >= 11 is 5.00. The van der Waals surface area contributed by atoms with Gasteiger partial charge in [0.05, 0.1) is 110 Å². The van der Waals surface area contributed by atoms with Crippen LogP contribution in [0, 0.1) is 56.0 Å². The number of allylic oxidation sites excluding steroid dienone is 6. The number of carbonyl (C=O) groups excluding carboxylic acids is 4. The minimum Gasteiger partial charge on any atom is -1.00 e. The number of nitrogens with zero attached hydrogens (tertiary/aromatic N) is 7. The average Bonchev–Trinajstić information content (AvgIpc) is 1.65. The van der Waals surface area contributed by atoms with E-state index < -0.39 is 11.1 Å². The van der Waals surface area contributed by atoms with Crippen LogP contribution in [-0.2, 0) is 58.6 Å². The largest absolute Gasteiger partial charge is 2.00 e. The Hall–Kier alpha value is -3.87. The molecule has 8 saturated heterocycles. The van der Waals surface area contributed by atoms with Gasteiger partial charge in [-0.25, -0.2) is 14.3 Å². The van der Waals surface area contributed by atoms with Crippen LogP contribution in [0.2, 0.25) is 0 Å². The molecule has 0 radical (unpaired) electrons. The second kappa shape index (κ2) is 76.9. The molecule has 10 heterocycles. The van der Waals surface area contributed by atoms with E-state index in [0.29, 0.717) is 81.3 Å². The molecule has 133 heavy (non-hydrogen) atoms. The standard InChI is InChI=1S/C18H23FINO2.2C18H24FNO2.C12H18FNO2.C11H15FN2.C8H7N.C6H5.C3H8FN.CH4O4S.2CH4O.BrH.I2.Mg.Na.H2O/c1-23-18(22)17-15(12-3-5-13(20)6-4-12)11-14-7-8-16(17)21(14)10-2-9-19;2*1-22-18(21)17-15(13-6-3-2-4-7-13)12-14-8-9-16(17)20(14)11-5-10-19;1-16-12(15)10-5-3-9-4-6-11(10)14(9)8-2-7-13;12-6-1-7-14-10-3-2-9(8-13)11(14)5-4-10;9-7-8-5-3-1-2-4-6-8;1-2-4-6-5-3-1;4-2-1-3-5;1-6(3)5-4-2;2*1-2;;1-2;;;/h3-6,14-17H,2,7-11H2,1H3;2*2-4,6-7,14-17H,5,8-12H2,1H3;5,9,11H,2-4,6-8H2,1H3;2,10-11H,1,3-7H2;1-6,8H;1-5H;1-3,5H2;2H,1H3;2*2H,1H3;1H;;;;1H2/q;;;;;;-1;;;;;;;+2;+1;/p-2/t3*14?,15?,16?,17-;;;;;;;;;;;;;/m010............./s1. The molecular formula is C97H137BrF6I3MgN8NaO15S. The molecule has 14 unspecified atom stereocenters. The summed E-state index contributed by atoms with van der Waals surface area (Å²) in [5, 5.41) is 41.7. The minimum atomic E-state index is -1.54. The number of fused-ring (bicyclic) bond motifs is 10. The summed E-state index contributed by atoms with van der Waals surface area (Å²) in [4.78, 5) is 60.6. The summed E-state index contributed by atoms with van der Waals surface area (Å²) in [6, 6.07) is 49.5. The number of methoxy groups -OCH3 is 4. The summed E-state index contributed by atoms with van der Waals surface area (Å²) < 4.78 is 107. The van der Waals surface area contributed by atoms with Crippen LogP contribution in [-0.4, -0.2) is 285 Å². The first-order valence-corrected chi connectivity index (χ1v) is 53.3. The number of nitriles is 2. The molecule has 36 heteroatoms. The molecule has 734 valence electrons. The second-order valence-electron chi connectivity index (χ2n) is 32.0. The molecule has 17 atom stereocenters. The monoisotopic (exact) mass is 2310 g/mol. The molecule has 10 aliphatic heterocycles. The fraction of sp³-hybridized carbons (Fsp3) is 0.588. The van der Waals surface area contributed by atoms with Crippen LogP contribution in [0.5, 0.6) is 0 Å². The van der Waals surface area contributed by atoms with Crippen molar-refractivity contribution in [3.8, 4) is 12.1 Å². The maximum absolute atomic E-state index is 12.6. The van der Waals surface area contributed by atoms with E-state index in [1.54, 1.807) is 0 Å². The molecule has 23 nitrogen and oxygen atoms in total. The number of carbonyl (C=O) groups is 4. The molecule has 4 aromatic carbocycles. The van der Waals surface area contributed by atoms with E-state index in [2.05, 4.69) is 167 Å². The number of aliphatic hydroxyl groups excluding tert-OH is 2. The van der Waals surface area contributed by atoms with Gasteiger partial charge in [-0.05, 0) is 193 Å². The van der Waals surface area contributed by atoms with Gasteiger partial charge in [-0.2, -0.15) is 46.9 Å². The second-order valence-corrected chi connectivity index (χ2v) is 34.2. The van der Waals surface area contributed by atoms with E-state index in [-0.39, 0.29) is 205 Å². The summed E-state index contributed by atoms with van der Waals surface area (Å²) in [5.74, 6) is -0.400. The first-order valence-electron chi connectivity index (χ1n) is 44.4. The number of hydrogen-bond acceptors (Lipinski definition) is 23. The summed E-state index contributed by atoms with van der Waals surface area (Å²) in [6.07, 6.45) is 35.4. The van der Waals surface area contributed by atoms with Gasteiger partial charge in [0.25, 0.3) is 0 Å². The van der Waals surface area contributed by atoms with Gasteiger partial charge < -0.3 is 57.4 Å². The molecule has 0 aromatic heterocycles. The predicted octanol–water partition coefficient (Wildman–Crippen LogP) is 11.5. The topological polar surface area (TPSA) is 321 Å². The zero-order valence-corrected chi connectivity index (χ0v) is 90.4. The first kappa shape index (κ1) is 129. The van der Waals surface area contributed by atoms with Crippen LogP contribution in [0.3, 0.4) is 0 Å². The van der Waals surface area contributed by atoms with Gasteiger partial charge in [-0.15, -0.1) is 4.33 Å². The Balaban J connectivity index is 0.00000151. The van der Waals surface area contributed by atoms with Crippen LogP contribution >= 0.6 is 59.8 Å². The molecule has 15 rings (SSSR count). The zero-order valence-electron chi connectivity index (χ0n) is 78.1. The quantitative estimate of drug-likeness (QED) is 0.00663. The van der Waals surface area contributed by atoms with Crippen LogP contribution in [0.1, 0.15) is 169 Å². The van der Waals surface area contributed by atoms with Gasteiger partial charge in [0, 0.05) is 178 Å². The number of ether oxygens (including phenoxy) is 4. The van der Waals surface area contributed by atoms with Crippen molar-refractivity contribution in [1.82, 2.24) is 24.5 Å². The smallest absolute Gasteiger partial charge is 1.00 e. The van der Waals surface area contributed by atoms with E-state index >= 15 is 0 Å². The third kappa shape index (κ3) is 41.7. The number of piperidine rings is 3. The number of alkyl halides is 6. The van der Waals surface area contributed by atoms with Crippen molar-refractivity contribution in [2.24, 2.45) is 29.4 Å². The van der Waals surface area contributed by atoms with Crippen molar-refractivity contribution in [3.63, 3.8) is 0 Å². The predicted molar refractivity (Wildman–Crippen MR) is 527 cm³/mol. The van der Waals surface area contributed by atoms with Crippen molar-refractivity contribution < 1.29 is 146 Å². The van der Waals surface area contributed by atoms with Crippen LogP contribution in [0.25, 0.3) is 0 Å². The Morgan fingerprint density at radius 3 is 1.14 bits per heavy atom. The molecule has 6 N–H and O–H groups in total. The van der Waals surface area contributed by atoms with Crippen molar-refractivity contribution in [2.45, 2.75) is 213 Å². The number of halogens is 10. The van der Waals surface area contributed by atoms with Gasteiger partial charge in [0.1, 0.15) is 0 Å². The number of hydrogen-bond donors (Lipinski definition) is 4. The van der Waals surface area contributed by atoms with Crippen molar-refractivity contribution in [1.29, 1.82) is 10.5 Å². The summed E-state index contributed by atoms with van der Waals surface area (Å²) in [6.45, 7) is 2.59. The molecular weight excluding hydrogens is 2170 g/mol. The number of aliphatic hydroxyl groups is 2. The van der Waals surface area contributed by atoms with E-state index in [4.69, 9.17) is 50.7 Å². The van der Waals surface area contributed by atoms with E-state index in [0.717, 1.165) is 148 Å². The third-order valence-electron chi connectivity index (χ3n) is 25.1. The van der Waals surface area contributed by atoms with Crippen molar-refractivity contribution >= 4 is 118 Å². The minimum absolute atomic E-state index is 0. The Labute approximate surface area is 873 Å². The molecule has 11 aliphatic rings. The molecule has 4 aromatic rings. The van der Waals surface area contributed by atoms with Gasteiger partial charge in [-0.1, -0.05) is 126 Å². The fourth-order valence-corrected chi connectivity index (χ4v) is 20.2. The van der Waals surface area contributed by atoms with Gasteiger partial charge in [-0.3, -0.25) is 65.2 Å². The third-order valence-corrected chi connectivity index (χ3v) is 26.1. The van der Waals surface area contributed by atoms with E-state index in [9.17, 15) is 49.7 Å². The van der Waals surface area contributed by atoms with Crippen LogP contribution < -0.4 is 52.3 Å². The summed E-state index contributed by atoms with van der Waals surface area (Å²) in [7, 11) is 7.82. The Bertz CT molecular complexity index is 3920. The number of nitrogens with two attached hydrogens (primary N) is 1. The molecule has 1 aliphatic carbocycles. The Kier molecular flexibility index (Phi) is 74.6. The molecule has 10 bridgehead atoms. The normalized spacial score (nSPS) is 25.0. The Morgan fingerprint density at radius 2 is 0.842 bits per heavy atom. The van der Waals surface area contributed by atoms with Gasteiger partial charge >= 0.3 is 76.5 Å². The molecule has 0 amide bonds. The Morgan fingerprint density at radius 1 is 0.496 bits per heavy atom. The van der Waals surface area contributed by atoms with E-state index in [1.807, 2.05) is 109 Å². The number of rotatable bonds is 26. The average molecular weight is 2310 g/mol. The first-order chi connectivity index (χ1) is 62.9. The molecule has 0 saturated carbocycles. The summed E-state index contributed by atoms with van der Waals surface area (Å²) in [5.41, 5.74) is 10.2. The van der Waals surface area contributed by atoms with E-state index in [1.165, 1.54) is 61.4 Å². The fourth-order valence-electron chi connectivity index (χ4n) is 19.8. The number of esters is 4. The van der Waals surface area contributed by atoms with Gasteiger partial charge in [0.15, 0.2) is 11.1 Å². The SMILES string of the molecule is CO.CO.COC(=O)C1=CCC2CCC1N2CCCF.COC(=O)[C@@H]1C(c2ccccc2)CC2CCC1N2CCCF.COC(=O)[C@H]1C(c2ccc(I)cc2)CC2CCC1N2CCCF.COC(=O)[C@H]1C(c2ccccc2)CC2CCC1N2CCCF.CS(=O)OOO.II.N#CC1=CCC2CCC1N2CCCF.N#CC1C=CC=CC=C1.NCCCF.[Br-].[Mg+2].[Na+].[OH-].[c-]1ccccc1. The molecule has 8 fully saturated rings. The van der Waals surface area contributed by atoms with Gasteiger partial charge in [0.2, 0.25) is 0 Å². The zero-order chi connectivity index (χ0) is 94.8. The van der Waals surface area contributed by atoms with Crippen LogP contribution in [0.15, 0.2) is 175 Å². The maximum atomic E-state index is 12.6. The number of benzene rings is 4. The van der Waals surface area contributed by atoms with Crippen molar-refractivity contribution in [2.75, 3.05) is 128 Å². The van der Waals surface area contributed by atoms with Crippen LogP contribution in [0.4, 0.5) is 26.3 Å².